The normalized spacial score (nSPS) is 13.4. The van der Waals surface area contributed by atoms with E-state index in [-0.39, 0.29) is 18.5 Å². The summed E-state index contributed by atoms with van der Waals surface area (Å²) in [5.74, 6) is 0.266. The number of carbonyl (C=O) groups is 2. The number of hydrogen-bond acceptors (Lipinski definition) is 4. The quantitative estimate of drug-likeness (QED) is 0.669. The Balaban J connectivity index is 1.76. The van der Waals surface area contributed by atoms with Crippen molar-refractivity contribution in [1.82, 2.24) is 4.90 Å². The highest BCUT2D eigenvalue weighted by molar-refractivity contribution is 5.81. The Hall–Kier alpha value is -2.24. The summed E-state index contributed by atoms with van der Waals surface area (Å²) in [7, 11) is 0. The Bertz CT molecular complexity index is 542. The lowest BCUT2D eigenvalue weighted by Gasteiger charge is -2.20. The minimum Gasteiger partial charge on any atom is -0.490 e. The van der Waals surface area contributed by atoms with Gasteiger partial charge in [-0.25, -0.2) is 0 Å². The third-order valence-corrected chi connectivity index (χ3v) is 3.56. The van der Waals surface area contributed by atoms with Crippen LogP contribution >= 0.6 is 0 Å². The number of ether oxygens (including phenoxy) is 2. The van der Waals surface area contributed by atoms with Crippen LogP contribution in [0.25, 0.3) is 0 Å². The van der Waals surface area contributed by atoms with Gasteiger partial charge in [-0.3, -0.25) is 9.59 Å². The average molecular weight is 321 g/mol. The van der Waals surface area contributed by atoms with Crippen molar-refractivity contribution in [2.75, 3.05) is 19.8 Å². The average Bonchev–Trinajstić information content (AvgIpc) is 3.35. The van der Waals surface area contributed by atoms with E-state index < -0.39 is 5.97 Å². The number of hydrogen-bond donors (Lipinski definition) is 1. The van der Waals surface area contributed by atoms with Crippen molar-refractivity contribution < 1.29 is 24.2 Å². The second-order valence-electron chi connectivity index (χ2n) is 5.48. The molecule has 0 spiro atoms. The van der Waals surface area contributed by atoms with E-state index in [0.29, 0.717) is 37.6 Å². The molecule has 0 aliphatic heterocycles. The standard InChI is InChI=1S/C17H23NO5/c1-2-22-14-6-3-4-7-15(14)23-11-5-8-16(19)18(12-17(20)21)13-9-10-13/h3-4,6-7,13H,2,5,8-12H2,1H3,(H,20,21). The molecule has 126 valence electrons. The number of amides is 1. The summed E-state index contributed by atoms with van der Waals surface area (Å²) in [4.78, 5) is 24.4. The summed E-state index contributed by atoms with van der Waals surface area (Å²) in [6.07, 6.45) is 2.64. The molecule has 0 radical (unpaired) electrons. The molecule has 1 aliphatic carbocycles. The van der Waals surface area contributed by atoms with Gasteiger partial charge in [0.05, 0.1) is 13.2 Å². The smallest absolute Gasteiger partial charge is 0.323 e. The molecule has 1 fully saturated rings. The number of rotatable bonds is 10. The maximum Gasteiger partial charge on any atom is 0.323 e. The first-order valence-corrected chi connectivity index (χ1v) is 7.97. The molecule has 6 heteroatoms. The van der Waals surface area contributed by atoms with Crippen molar-refractivity contribution in [2.24, 2.45) is 0 Å². The first kappa shape index (κ1) is 17.1. The maximum atomic E-state index is 12.1. The third kappa shape index (κ3) is 5.47. The molecule has 2 rings (SSSR count). The van der Waals surface area contributed by atoms with Gasteiger partial charge in [-0.15, -0.1) is 0 Å². The Kier molecular flexibility index (Phi) is 6.26. The van der Waals surface area contributed by atoms with Gasteiger partial charge in [0.25, 0.3) is 0 Å². The van der Waals surface area contributed by atoms with Crippen LogP contribution in [0, 0.1) is 0 Å². The van der Waals surface area contributed by atoms with E-state index in [1.54, 1.807) is 0 Å². The molecule has 0 atom stereocenters. The minimum atomic E-state index is -0.966. The Labute approximate surface area is 136 Å². The van der Waals surface area contributed by atoms with E-state index in [1.807, 2.05) is 31.2 Å². The van der Waals surface area contributed by atoms with Gasteiger partial charge in [0.15, 0.2) is 11.5 Å². The van der Waals surface area contributed by atoms with E-state index in [1.165, 1.54) is 4.90 Å². The van der Waals surface area contributed by atoms with Crippen LogP contribution in [0.3, 0.4) is 0 Å². The van der Waals surface area contributed by atoms with Gasteiger partial charge in [0.2, 0.25) is 5.91 Å². The van der Waals surface area contributed by atoms with Crippen LogP contribution in [0.5, 0.6) is 11.5 Å². The van der Waals surface area contributed by atoms with E-state index in [4.69, 9.17) is 14.6 Å². The molecule has 1 amide bonds. The van der Waals surface area contributed by atoms with Crippen LogP contribution in [-0.2, 0) is 9.59 Å². The number of nitrogens with zero attached hydrogens (tertiary/aromatic N) is 1. The van der Waals surface area contributed by atoms with Gasteiger partial charge in [0, 0.05) is 12.5 Å². The van der Waals surface area contributed by atoms with Crippen molar-refractivity contribution in [2.45, 2.75) is 38.6 Å². The number of carboxylic acids is 1. The van der Waals surface area contributed by atoms with Gasteiger partial charge in [-0.2, -0.15) is 0 Å². The fourth-order valence-corrected chi connectivity index (χ4v) is 2.35. The van der Waals surface area contributed by atoms with Gasteiger partial charge in [-0.05, 0) is 38.3 Å². The summed E-state index contributed by atoms with van der Waals surface area (Å²) >= 11 is 0. The first-order chi connectivity index (χ1) is 11.1. The monoisotopic (exact) mass is 321 g/mol. The van der Waals surface area contributed by atoms with Crippen LogP contribution in [-0.4, -0.2) is 47.7 Å². The van der Waals surface area contributed by atoms with Crippen LogP contribution in [0.2, 0.25) is 0 Å². The van der Waals surface area contributed by atoms with Crippen molar-refractivity contribution in [3.8, 4) is 11.5 Å². The second-order valence-corrected chi connectivity index (χ2v) is 5.48. The molecule has 1 aromatic carbocycles. The van der Waals surface area contributed by atoms with Crippen molar-refractivity contribution in [3.05, 3.63) is 24.3 Å². The molecular formula is C17H23NO5. The van der Waals surface area contributed by atoms with Crippen molar-refractivity contribution in [3.63, 3.8) is 0 Å². The highest BCUT2D eigenvalue weighted by atomic mass is 16.5. The molecule has 0 bridgehead atoms. The lowest BCUT2D eigenvalue weighted by atomic mass is 10.2. The SMILES string of the molecule is CCOc1ccccc1OCCCC(=O)N(CC(=O)O)C1CC1. The predicted octanol–water partition coefficient (Wildman–Crippen LogP) is 2.32. The van der Waals surface area contributed by atoms with E-state index in [2.05, 4.69) is 0 Å². The Morgan fingerprint density at radius 3 is 2.43 bits per heavy atom. The molecule has 0 unspecified atom stereocenters. The predicted molar refractivity (Wildman–Crippen MR) is 84.7 cm³/mol. The lowest BCUT2D eigenvalue weighted by molar-refractivity contribution is -0.145. The number of aliphatic carboxylic acids is 1. The van der Waals surface area contributed by atoms with Crippen LogP contribution in [0.1, 0.15) is 32.6 Å². The van der Waals surface area contributed by atoms with Gasteiger partial charge >= 0.3 is 5.97 Å². The Morgan fingerprint density at radius 1 is 1.22 bits per heavy atom. The third-order valence-electron chi connectivity index (χ3n) is 3.56. The zero-order valence-electron chi connectivity index (χ0n) is 13.4. The number of para-hydroxylation sites is 2. The van der Waals surface area contributed by atoms with E-state index in [9.17, 15) is 9.59 Å². The zero-order valence-corrected chi connectivity index (χ0v) is 13.4. The second kappa shape index (κ2) is 8.41. The lowest BCUT2D eigenvalue weighted by Crippen LogP contribution is -2.37. The zero-order chi connectivity index (χ0) is 16.7. The van der Waals surface area contributed by atoms with Gasteiger partial charge < -0.3 is 19.5 Å². The summed E-state index contributed by atoms with van der Waals surface area (Å²) in [6, 6.07) is 7.52. The van der Waals surface area contributed by atoms with Crippen LogP contribution < -0.4 is 9.47 Å². The molecule has 6 nitrogen and oxygen atoms in total. The topological polar surface area (TPSA) is 76.1 Å². The highest BCUT2D eigenvalue weighted by Gasteiger charge is 2.33. The van der Waals surface area contributed by atoms with Gasteiger partial charge in [-0.1, -0.05) is 12.1 Å². The molecule has 1 N–H and O–H groups in total. The van der Waals surface area contributed by atoms with Crippen molar-refractivity contribution >= 4 is 11.9 Å². The minimum absolute atomic E-state index is 0.109. The number of benzene rings is 1. The summed E-state index contributed by atoms with van der Waals surface area (Å²) in [6.45, 7) is 2.65. The molecule has 1 saturated carbocycles. The highest BCUT2D eigenvalue weighted by Crippen LogP contribution is 2.28. The fraction of sp³-hybridized carbons (Fsp3) is 0.529. The molecular weight excluding hydrogens is 298 g/mol. The first-order valence-electron chi connectivity index (χ1n) is 7.97. The maximum absolute atomic E-state index is 12.1. The molecule has 0 saturated heterocycles. The number of carbonyl (C=O) groups excluding carboxylic acids is 1. The molecule has 23 heavy (non-hydrogen) atoms. The summed E-state index contributed by atoms with van der Waals surface area (Å²) in [5, 5.41) is 8.88. The Morgan fingerprint density at radius 2 is 1.87 bits per heavy atom. The summed E-state index contributed by atoms with van der Waals surface area (Å²) < 4.78 is 11.1. The number of carboxylic acid groups (broad SMARTS) is 1. The summed E-state index contributed by atoms with van der Waals surface area (Å²) in [5.41, 5.74) is 0. The van der Waals surface area contributed by atoms with Gasteiger partial charge in [0.1, 0.15) is 6.54 Å². The van der Waals surface area contributed by atoms with Crippen molar-refractivity contribution in [1.29, 1.82) is 0 Å². The van der Waals surface area contributed by atoms with Crippen LogP contribution in [0.15, 0.2) is 24.3 Å². The molecule has 1 aliphatic rings. The van der Waals surface area contributed by atoms with E-state index in [0.717, 1.165) is 12.8 Å². The van der Waals surface area contributed by atoms with E-state index >= 15 is 0 Å². The molecule has 0 aromatic heterocycles. The molecule has 1 aromatic rings. The molecule has 0 heterocycles. The largest absolute Gasteiger partial charge is 0.490 e. The van der Waals surface area contributed by atoms with Crippen LogP contribution in [0.4, 0.5) is 0 Å². The fourth-order valence-electron chi connectivity index (χ4n) is 2.35.